The van der Waals surface area contributed by atoms with E-state index < -0.39 is 0 Å². The van der Waals surface area contributed by atoms with Gasteiger partial charge in [-0.3, -0.25) is 0 Å². The van der Waals surface area contributed by atoms with Crippen LogP contribution in [0.4, 0.5) is 0 Å². The van der Waals surface area contributed by atoms with E-state index >= 15 is 0 Å². The molecule has 9 rings (SSSR count). The van der Waals surface area contributed by atoms with E-state index in [1.807, 2.05) is 0 Å². The van der Waals surface area contributed by atoms with Crippen molar-refractivity contribution in [2.45, 2.75) is 26.4 Å². The Morgan fingerprint density at radius 3 is 2.00 bits per heavy atom. The van der Waals surface area contributed by atoms with Crippen molar-refractivity contribution in [2.24, 2.45) is 4.99 Å². The number of rotatable bonds is 5. The van der Waals surface area contributed by atoms with E-state index in [1.54, 1.807) is 0 Å². The molecule has 0 saturated heterocycles. The molecule has 1 N–H and O–H groups in total. The average Bonchev–Trinajstić information content (AvgIpc) is 3.26. The van der Waals surface area contributed by atoms with Crippen molar-refractivity contribution in [3.05, 3.63) is 226 Å². The summed E-state index contributed by atoms with van der Waals surface area (Å²) in [4.78, 5) is 8.02. The molecule has 0 saturated carbocycles. The second-order valence-corrected chi connectivity index (χ2v) is 14.1. The number of nitrogens with zero attached hydrogens (tertiary/aromatic N) is 2. The Morgan fingerprint density at radius 1 is 0.660 bits per heavy atom. The van der Waals surface area contributed by atoms with Gasteiger partial charge in [-0.05, 0) is 98.5 Å². The van der Waals surface area contributed by atoms with Crippen molar-refractivity contribution in [1.29, 1.82) is 0 Å². The first kappa shape index (κ1) is 32.5. The third-order valence-corrected chi connectivity index (χ3v) is 10.7. The standard InChI is InChI=1S/C50H41N3/c1-34-22-26-38(27-23-34)49(39-28-24-35(2)25-29-39)52-50-51-32-46-44(36-14-6-3-7-15-36)30-40-18-12-13-20-42(40)48(46)43-21-11-5-10-19-41-31-45(47(43)33-53(41)50)37-16-8-4-9-17-37/h3-31,49H,32-33H2,1-2H3,(H,51,52). The van der Waals surface area contributed by atoms with Crippen molar-refractivity contribution in [3.63, 3.8) is 0 Å². The molecule has 0 aromatic heterocycles. The van der Waals surface area contributed by atoms with E-state index in [1.165, 1.54) is 77.6 Å². The van der Waals surface area contributed by atoms with E-state index in [9.17, 15) is 0 Å². The highest BCUT2D eigenvalue weighted by atomic mass is 15.3. The molecule has 3 aliphatic heterocycles. The van der Waals surface area contributed by atoms with Gasteiger partial charge < -0.3 is 10.2 Å². The minimum atomic E-state index is -0.114. The predicted molar refractivity (Wildman–Crippen MR) is 222 cm³/mol. The van der Waals surface area contributed by atoms with Gasteiger partial charge >= 0.3 is 0 Å². The van der Waals surface area contributed by atoms with Gasteiger partial charge in [0.1, 0.15) is 0 Å². The molecule has 4 bridgehead atoms. The lowest BCUT2D eigenvalue weighted by Gasteiger charge is -2.36. The topological polar surface area (TPSA) is 27.6 Å². The molecule has 53 heavy (non-hydrogen) atoms. The molecule has 0 amide bonds. The Balaban J connectivity index is 1.35. The number of nitrogens with one attached hydrogen (secondary N) is 1. The van der Waals surface area contributed by atoms with Crippen LogP contribution >= 0.6 is 0 Å². The molecule has 3 aliphatic rings. The smallest absolute Gasteiger partial charge is 0.199 e. The van der Waals surface area contributed by atoms with E-state index in [2.05, 4.69) is 200 Å². The summed E-state index contributed by atoms with van der Waals surface area (Å²) < 4.78 is 0. The highest BCUT2D eigenvalue weighted by Gasteiger charge is 2.31. The van der Waals surface area contributed by atoms with Crippen LogP contribution in [-0.4, -0.2) is 17.4 Å². The highest BCUT2D eigenvalue weighted by molar-refractivity contribution is 6.06. The minimum Gasteiger partial charge on any atom is -0.345 e. The van der Waals surface area contributed by atoms with Crippen LogP contribution in [0.2, 0.25) is 0 Å². The Kier molecular flexibility index (Phi) is 8.53. The molecule has 6 aromatic rings. The second kappa shape index (κ2) is 13.9. The molecule has 6 aromatic carbocycles. The first-order valence-corrected chi connectivity index (χ1v) is 18.5. The Labute approximate surface area is 312 Å². The van der Waals surface area contributed by atoms with Gasteiger partial charge in [-0.25, -0.2) is 4.99 Å². The zero-order chi connectivity index (χ0) is 35.7. The summed E-state index contributed by atoms with van der Waals surface area (Å²) in [7, 11) is 0. The number of aryl methyl sites for hydroxylation is 2. The van der Waals surface area contributed by atoms with E-state index in [-0.39, 0.29) is 6.04 Å². The number of allylic oxidation sites excluding steroid dienone is 7. The summed E-state index contributed by atoms with van der Waals surface area (Å²) in [6, 6.07) is 50.5. The first-order valence-electron chi connectivity index (χ1n) is 18.5. The monoisotopic (exact) mass is 683 g/mol. The molecule has 3 heterocycles. The number of fused-ring (bicyclic) bond motifs is 4. The number of benzene rings is 6. The van der Waals surface area contributed by atoms with Crippen LogP contribution in [0, 0.1) is 13.8 Å². The Morgan fingerprint density at radius 2 is 1.30 bits per heavy atom. The highest BCUT2D eigenvalue weighted by Crippen LogP contribution is 2.44. The zero-order valence-corrected chi connectivity index (χ0v) is 30.1. The number of aliphatic imine (C=N–C) groups is 1. The maximum absolute atomic E-state index is 5.63. The van der Waals surface area contributed by atoms with E-state index in [4.69, 9.17) is 4.99 Å². The van der Waals surface area contributed by atoms with Gasteiger partial charge in [0, 0.05) is 5.70 Å². The van der Waals surface area contributed by atoms with Crippen molar-refractivity contribution in [1.82, 2.24) is 10.2 Å². The Bertz CT molecular complexity index is 2470. The first-order chi connectivity index (χ1) is 26.1. The van der Waals surface area contributed by atoms with E-state index in [0.29, 0.717) is 13.1 Å². The molecule has 256 valence electrons. The van der Waals surface area contributed by atoms with Gasteiger partial charge in [0.15, 0.2) is 5.96 Å². The molecule has 0 unspecified atom stereocenters. The van der Waals surface area contributed by atoms with Crippen molar-refractivity contribution < 1.29 is 0 Å². The summed E-state index contributed by atoms with van der Waals surface area (Å²) in [5.74, 6) is 0.848. The SMILES string of the molecule is Cc1ccc(C(NC2=NCc3c(-c4ccccc4)cc4ccccc4c3C3=C4CN2C(=CC=CC=C3)C=C4c2ccccc2)c2ccc(C)cc2)cc1. The van der Waals surface area contributed by atoms with Gasteiger partial charge in [0.2, 0.25) is 0 Å². The molecule has 0 atom stereocenters. The molecule has 0 radical (unpaired) electrons. The predicted octanol–water partition coefficient (Wildman–Crippen LogP) is 11.5. The molecule has 0 fully saturated rings. The quantitative estimate of drug-likeness (QED) is 0.196. The van der Waals surface area contributed by atoms with Gasteiger partial charge in [0.05, 0.1) is 19.1 Å². The summed E-state index contributed by atoms with van der Waals surface area (Å²) in [5, 5.41) is 6.50. The molecule has 3 heteroatoms. The molecule has 0 spiro atoms. The minimum absolute atomic E-state index is 0.114. The van der Waals surface area contributed by atoms with Gasteiger partial charge in [-0.15, -0.1) is 0 Å². The number of hydrogen-bond donors (Lipinski definition) is 1. The summed E-state index contributed by atoms with van der Waals surface area (Å²) in [6.07, 6.45) is 13.4. The van der Waals surface area contributed by atoms with Crippen LogP contribution in [0.1, 0.15) is 45.0 Å². The molecule has 0 aliphatic carbocycles. The lowest BCUT2D eigenvalue weighted by Crippen LogP contribution is -2.44. The molecular formula is C50H41N3. The third kappa shape index (κ3) is 6.25. The summed E-state index contributed by atoms with van der Waals surface area (Å²) >= 11 is 0. The fraction of sp³-hybridized carbons (Fsp3) is 0.100. The van der Waals surface area contributed by atoms with Gasteiger partial charge in [-0.1, -0.05) is 169 Å². The normalized spacial score (nSPS) is 15.1. The summed E-state index contributed by atoms with van der Waals surface area (Å²) in [5.41, 5.74) is 15.8. The van der Waals surface area contributed by atoms with Crippen LogP contribution in [-0.2, 0) is 6.54 Å². The van der Waals surface area contributed by atoms with Crippen molar-refractivity contribution >= 4 is 27.9 Å². The largest absolute Gasteiger partial charge is 0.345 e. The maximum Gasteiger partial charge on any atom is 0.199 e. The van der Waals surface area contributed by atoms with Crippen LogP contribution in [0.15, 0.2) is 192 Å². The third-order valence-electron chi connectivity index (χ3n) is 10.7. The maximum atomic E-state index is 5.63. The fourth-order valence-electron chi connectivity index (χ4n) is 7.90. The van der Waals surface area contributed by atoms with Gasteiger partial charge in [-0.2, -0.15) is 0 Å². The van der Waals surface area contributed by atoms with Crippen molar-refractivity contribution in [2.75, 3.05) is 6.54 Å². The molecular weight excluding hydrogens is 643 g/mol. The van der Waals surface area contributed by atoms with Crippen LogP contribution in [0.5, 0.6) is 0 Å². The van der Waals surface area contributed by atoms with Gasteiger partial charge in [0.25, 0.3) is 0 Å². The average molecular weight is 684 g/mol. The second-order valence-electron chi connectivity index (χ2n) is 14.1. The van der Waals surface area contributed by atoms with Crippen molar-refractivity contribution in [3.8, 4) is 11.1 Å². The number of guanidine groups is 1. The molecule has 3 nitrogen and oxygen atoms in total. The van der Waals surface area contributed by atoms with Crippen LogP contribution in [0.25, 0.3) is 33.0 Å². The van der Waals surface area contributed by atoms with Crippen LogP contribution < -0.4 is 5.32 Å². The van der Waals surface area contributed by atoms with Crippen LogP contribution in [0.3, 0.4) is 0 Å². The summed E-state index contributed by atoms with van der Waals surface area (Å²) in [6.45, 7) is 5.45. The lowest BCUT2D eigenvalue weighted by molar-refractivity contribution is 0.527. The zero-order valence-electron chi connectivity index (χ0n) is 30.1. The lowest BCUT2D eigenvalue weighted by atomic mass is 9.81. The fourth-order valence-corrected chi connectivity index (χ4v) is 7.90. The van der Waals surface area contributed by atoms with E-state index in [0.717, 1.165) is 11.7 Å². The Hall–Kier alpha value is -6.45. The number of hydrogen-bond acceptors (Lipinski definition) is 3.